The van der Waals surface area contributed by atoms with Crippen LogP contribution in [-0.2, 0) is 24.0 Å². The van der Waals surface area contributed by atoms with E-state index in [0.717, 1.165) is 0 Å². The molecule has 0 heterocycles. The lowest BCUT2D eigenvalue weighted by molar-refractivity contribution is -0.141. The summed E-state index contributed by atoms with van der Waals surface area (Å²) in [7, 11) is 0. The van der Waals surface area contributed by atoms with Gasteiger partial charge >= 0.3 is 5.97 Å². The van der Waals surface area contributed by atoms with Crippen LogP contribution in [0.15, 0.2) is 0 Å². The number of nitrogens with two attached hydrogens (primary N) is 1. The number of aliphatic carboxylic acids is 1. The maximum atomic E-state index is 12.2. The zero-order valence-electron chi connectivity index (χ0n) is 16.0. The highest BCUT2D eigenvalue weighted by Gasteiger charge is 2.23. The summed E-state index contributed by atoms with van der Waals surface area (Å²) >= 11 is 0. The highest BCUT2D eigenvalue weighted by atomic mass is 16.4. The molecular weight excluding hydrogens is 358 g/mol. The fraction of sp³-hybridized carbons (Fsp3) is 0.688. The van der Waals surface area contributed by atoms with Crippen LogP contribution in [-0.4, -0.2) is 65.9 Å². The van der Waals surface area contributed by atoms with Crippen LogP contribution >= 0.6 is 0 Å². The van der Waals surface area contributed by atoms with Crippen LogP contribution in [0.25, 0.3) is 0 Å². The van der Waals surface area contributed by atoms with E-state index in [-0.39, 0.29) is 5.92 Å². The highest BCUT2D eigenvalue weighted by molar-refractivity contribution is 5.92. The molecule has 0 aromatic rings. The molecular formula is C16H29N5O6. The molecule has 0 radical (unpaired) electrons. The predicted octanol–water partition coefficient (Wildman–Crippen LogP) is -2.31. The molecule has 11 heteroatoms. The first-order chi connectivity index (χ1) is 12.4. The Kier molecular flexibility index (Phi) is 10.7. The first-order valence-electron chi connectivity index (χ1n) is 8.56. The molecule has 0 bridgehead atoms. The second-order valence-electron chi connectivity index (χ2n) is 6.60. The number of hydrogen-bond donors (Lipinski definition) is 6. The molecule has 0 aliphatic rings. The van der Waals surface area contributed by atoms with Crippen molar-refractivity contribution in [2.24, 2.45) is 11.7 Å². The standard InChI is InChI=1S/C16H29N5O6/c1-8(2)5-11(21-14(24)9(3)17)15(25)19-6-12(22)18-7-13(23)20-10(4)16(26)27/h8-11H,5-7,17H2,1-4H3,(H,18,22)(H,19,25)(H,20,23)(H,21,24)(H,26,27)/t9-,10-,11-/m0/s1. The van der Waals surface area contributed by atoms with E-state index < -0.39 is 60.8 Å². The molecule has 0 saturated heterocycles. The second-order valence-corrected chi connectivity index (χ2v) is 6.60. The maximum Gasteiger partial charge on any atom is 0.325 e. The Hall–Kier alpha value is -2.69. The van der Waals surface area contributed by atoms with Crippen molar-refractivity contribution in [2.45, 2.75) is 52.2 Å². The number of amides is 4. The molecule has 0 saturated carbocycles. The average molecular weight is 387 g/mol. The number of carbonyl (C=O) groups is 5. The quantitative estimate of drug-likeness (QED) is 0.230. The summed E-state index contributed by atoms with van der Waals surface area (Å²) in [6.45, 7) is 5.70. The van der Waals surface area contributed by atoms with Crippen LogP contribution in [0.5, 0.6) is 0 Å². The van der Waals surface area contributed by atoms with Crippen molar-refractivity contribution in [3.05, 3.63) is 0 Å². The van der Waals surface area contributed by atoms with Gasteiger partial charge in [0, 0.05) is 0 Å². The number of hydrogen-bond acceptors (Lipinski definition) is 6. The van der Waals surface area contributed by atoms with Crippen molar-refractivity contribution in [2.75, 3.05) is 13.1 Å². The molecule has 27 heavy (non-hydrogen) atoms. The molecule has 0 rings (SSSR count). The molecule has 0 aliphatic carbocycles. The Morgan fingerprint density at radius 2 is 1.41 bits per heavy atom. The van der Waals surface area contributed by atoms with Gasteiger partial charge in [-0.2, -0.15) is 0 Å². The van der Waals surface area contributed by atoms with Crippen molar-refractivity contribution in [1.82, 2.24) is 21.3 Å². The molecule has 0 unspecified atom stereocenters. The normalized spacial score (nSPS) is 13.9. The van der Waals surface area contributed by atoms with Crippen molar-refractivity contribution in [3.63, 3.8) is 0 Å². The SMILES string of the molecule is CC(C)C[C@H](NC(=O)[C@H](C)N)C(=O)NCC(=O)NCC(=O)N[C@@H](C)C(=O)O. The van der Waals surface area contributed by atoms with Gasteiger partial charge in [-0.15, -0.1) is 0 Å². The third-order valence-electron chi connectivity index (χ3n) is 3.37. The average Bonchev–Trinajstić information content (AvgIpc) is 2.56. The minimum absolute atomic E-state index is 0.114. The molecule has 0 aliphatic heterocycles. The summed E-state index contributed by atoms with van der Waals surface area (Å²) in [4.78, 5) is 57.7. The van der Waals surface area contributed by atoms with E-state index in [4.69, 9.17) is 10.8 Å². The Morgan fingerprint density at radius 3 is 1.89 bits per heavy atom. The van der Waals surface area contributed by atoms with Crippen LogP contribution in [0.4, 0.5) is 0 Å². The highest BCUT2D eigenvalue weighted by Crippen LogP contribution is 2.05. The van der Waals surface area contributed by atoms with Crippen molar-refractivity contribution in [3.8, 4) is 0 Å². The van der Waals surface area contributed by atoms with Gasteiger partial charge in [-0.3, -0.25) is 24.0 Å². The van der Waals surface area contributed by atoms with Gasteiger partial charge in [0.1, 0.15) is 12.1 Å². The van der Waals surface area contributed by atoms with Gasteiger partial charge in [0.15, 0.2) is 0 Å². The number of carboxylic acids is 1. The van der Waals surface area contributed by atoms with Crippen LogP contribution in [0, 0.1) is 5.92 Å². The Labute approximate surface area is 157 Å². The Balaban J connectivity index is 4.45. The van der Waals surface area contributed by atoms with Gasteiger partial charge in [-0.25, -0.2) is 0 Å². The van der Waals surface area contributed by atoms with E-state index in [1.807, 2.05) is 13.8 Å². The number of rotatable bonds is 11. The summed E-state index contributed by atoms with van der Waals surface area (Å²) in [6, 6.07) is -2.70. The van der Waals surface area contributed by atoms with Crippen LogP contribution in [0.2, 0.25) is 0 Å². The van der Waals surface area contributed by atoms with Gasteiger partial charge in [0.2, 0.25) is 23.6 Å². The minimum Gasteiger partial charge on any atom is -0.480 e. The summed E-state index contributed by atoms with van der Waals surface area (Å²) in [5.74, 6) is -3.43. The molecule has 154 valence electrons. The number of carbonyl (C=O) groups excluding carboxylic acids is 4. The predicted molar refractivity (Wildman–Crippen MR) is 96.3 cm³/mol. The van der Waals surface area contributed by atoms with E-state index in [1.165, 1.54) is 13.8 Å². The van der Waals surface area contributed by atoms with Gasteiger partial charge in [0.25, 0.3) is 0 Å². The van der Waals surface area contributed by atoms with E-state index in [9.17, 15) is 24.0 Å². The first-order valence-corrected chi connectivity index (χ1v) is 8.56. The zero-order chi connectivity index (χ0) is 21.1. The molecule has 0 aromatic carbocycles. The van der Waals surface area contributed by atoms with E-state index in [1.54, 1.807) is 0 Å². The van der Waals surface area contributed by atoms with Gasteiger partial charge in [0.05, 0.1) is 19.1 Å². The summed E-state index contributed by atoms with van der Waals surface area (Å²) in [6.07, 6.45) is 0.362. The number of carboxylic acid groups (broad SMARTS) is 1. The topological polar surface area (TPSA) is 180 Å². The molecule has 3 atom stereocenters. The molecule has 0 fully saturated rings. The fourth-order valence-electron chi connectivity index (χ4n) is 1.89. The third kappa shape index (κ3) is 10.8. The third-order valence-corrected chi connectivity index (χ3v) is 3.37. The van der Waals surface area contributed by atoms with E-state index in [2.05, 4.69) is 21.3 Å². The second kappa shape index (κ2) is 11.8. The molecule has 7 N–H and O–H groups in total. The van der Waals surface area contributed by atoms with Crippen LogP contribution in [0.3, 0.4) is 0 Å². The Bertz CT molecular complexity index is 564. The zero-order valence-corrected chi connectivity index (χ0v) is 16.0. The molecule has 0 aromatic heterocycles. The summed E-state index contributed by atoms with van der Waals surface area (Å²) in [5, 5.41) is 18.0. The molecule has 11 nitrogen and oxygen atoms in total. The van der Waals surface area contributed by atoms with Crippen LogP contribution < -0.4 is 27.0 Å². The minimum atomic E-state index is -1.20. The monoisotopic (exact) mass is 387 g/mol. The fourth-order valence-corrected chi connectivity index (χ4v) is 1.89. The summed E-state index contributed by atoms with van der Waals surface area (Å²) < 4.78 is 0. The lowest BCUT2D eigenvalue weighted by Crippen LogP contribution is -2.53. The van der Waals surface area contributed by atoms with Crippen molar-refractivity contribution in [1.29, 1.82) is 0 Å². The smallest absolute Gasteiger partial charge is 0.325 e. The largest absolute Gasteiger partial charge is 0.480 e. The van der Waals surface area contributed by atoms with Crippen molar-refractivity contribution >= 4 is 29.6 Å². The maximum absolute atomic E-state index is 12.2. The van der Waals surface area contributed by atoms with Gasteiger partial charge in [-0.1, -0.05) is 13.8 Å². The summed E-state index contributed by atoms with van der Waals surface area (Å²) in [5.41, 5.74) is 5.48. The van der Waals surface area contributed by atoms with Crippen molar-refractivity contribution < 1.29 is 29.1 Å². The first kappa shape index (κ1) is 24.3. The lowest BCUT2D eigenvalue weighted by Gasteiger charge is -2.21. The van der Waals surface area contributed by atoms with E-state index >= 15 is 0 Å². The Morgan fingerprint density at radius 1 is 0.852 bits per heavy atom. The van der Waals surface area contributed by atoms with Crippen LogP contribution in [0.1, 0.15) is 34.1 Å². The molecule has 0 spiro atoms. The van der Waals surface area contributed by atoms with Gasteiger partial charge in [-0.05, 0) is 26.2 Å². The lowest BCUT2D eigenvalue weighted by atomic mass is 10.0. The molecule has 4 amide bonds. The number of nitrogens with one attached hydrogen (secondary N) is 4. The van der Waals surface area contributed by atoms with Gasteiger partial charge < -0.3 is 32.1 Å². The van der Waals surface area contributed by atoms with E-state index in [0.29, 0.717) is 6.42 Å².